The van der Waals surface area contributed by atoms with E-state index in [0.717, 1.165) is 40.9 Å². The summed E-state index contributed by atoms with van der Waals surface area (Å²) in [6.45, 7) is 4.31. The fraction of sp³-hybridized carbons (Fsp3) is 0.250. The van der Waals surface area contributed by atoms with Crippen molar-refractivity contribution in [3.8, 4) is 0 Å². The molecule has 2 N–H and O–H groups in total. The van der Waals surface area contributed by atoms with Crippen LogP contribution in [0.4, 0.5) is 28.8 Å². The van der Waals surface area contributed by atoms with Crippen molar-refractivity contribution in [1.82, 2.24) is 20.2 Å². The van der Waals surface area contributed by atoms with Crippen molar-refractivity contribution < 1.29 is 0 Å². The topological polar surface area (TPSA) is 78.9 Å². The van der Waals surface area contributed by atoms with Crippen LogP contribution >= 0.6 is 0 Å². The van der Waals surface area contributed by atoms with Crippen LogP contribution in [0, 0.1) is 6.92 Å². The molecule has 7 heteroatoms. The minimum Gasteiger partial charge on any atom is -0.372 e. The SMILES string of the molecule is Cc1cccc2c(Nc3ccnc(Nc4ccc(N5CCCCC5)cc4)n3)cnnc12. The van der Waals surface area contributed by atoms with Crippen LogP contribution in [0.1, 0.15) is 24.8 Å². The molecule has 31 heavy (non-hydrogen) atoms. The molecule has 2 aromatic heterocycles. The molecular formula is C24H25N7. The molecule has 3 heterocycles. The Bertz CT molecular complexity index is 1180. The zero-order valence-electron chi connectivity index (χ0n) is 17.5. The maximum atomic E-state index is 4.61. The average molecular weight is 412 g/mol. The van der Waals surface area contributed by atoms with E-state index in [0.29, 0.717) is 11.8 Å². The number of hydrogen-bond acceptors (Lipinski definition) is 7. The highest BCUT2D eigenvalue weighted by Crippen LogP contribution is 2.26. The lowest BCUT2D eigenvalue weighted by molar-refractivity contribution is 0.578. The first-order valence-electron chi connectivity index (χ1n) is 10.7. The van der Waals surface area contributed by atoms with Crippen LogP contribution in [0.3, 0.4) is 0 Å². The molecule has 1 fully saturated rings. The van der Waals surface area contributed by atoms with Gasteiger partial charge in [-0.2, -0.15) is 15.2 Å². The van der Waals surface area contributed by atoms with E-state index in [-0.39, 0.29) is 0 Å². The van der Waals surface area contributed by atoms with Crippen molar-refractivity contribution >= 4 is 39.7 Å². The van der Waals surface area contributed by atoms with Crippen LogP contribution in [0.5, 0.6) is 0 Å². The van der Waals surface area contributed by atoms with Crippen molar-refractivity contribution in [2.75, 3.05) is 28.6 Å². The molecule has 2 aromatic carbocycles. The van der Waals surface area contributed by atoms with Crippen LogP contribution in [0.2, 0.25) is 0 Å². The number of benzene rings is 2. The van der Waals surface area contributed by atoms with Gasteiger partial charge in [0, 0.05) is 36.0 Å². The third kappa shape index (κ3) is 4.26. The van der Waals surface area contributed by atoms with E-state index < -0.39 is 0 Å². The Hall–Kier alpha value is -3.74. The lowest BCUT2D eigenvalue weighted by Crippen LogP contribution is -2.29. The molecular weight excluding hydrogens is 386 g/mol. The normalized spacial score (nSPS) is 13.9. The van der Waals surface area contributed by atoms with Crippen molar-refractivity contribution in [3.05, 3.63) is 66.5 Å². The van der Waals surface area contributed by atoms with E-state index in [1.165, 1.54) is 24.9 Å². The van der Waals surface area contributed by atoms with Gasteiger partial charge in [-0.3, -0.25) is 0 Å². The van der Waals surface area contributed by atoms with Gasteiger partial charge in [0.2, 0.25) is 5.95 Å². The molecule has 0 atom stereocenters. The summed E-state index contributed by atoms with van der Waals surface area (Å²) in [6.07, 6.45) is 7.34. The standard InChI is InChI=1S/C24H25N7/c1-17-6-5-7-20-21(16-26-30-23(17)20)28-22-12-13-25-24(29-22)27-18-8-10-19(11-9-18)31-14-3-2-4-15-31/h5-13,16H,2-4,14-15H2,1H3,(H2,25,27,28,29,30). The highest BCUT2D eigenvalue weighted by Gasteiger charge is 2.11. The number of aromatic nitrogens is 4. The predicted octanol–water partition coefficient (Wildman–Crippen LogP) is 5.21. The van der Waals surface area contributed by atoms with Gasteiger partial charge in [-0.15, -0.1) is 0 Å². The van der Waals surface area contributed by atoms with Crippen LogP contribution < -0.4 is 15.5 Å². The molecule has 1 saturated heterocycles. The molecule has 0 radical (unpaired) electrons. The van der Waals surface area contributed by atoms with Crippen molar-refractivity contribution in [2.45, 2.75) is 26.2 Å². The largest absolute Gasteiger partial charge is 0.372 e. The summed E-state index contributed by atoms with van der Waals surface area (Å²) in [7, 11) is 0. The second-order valence-corrected chi connectivity index (χ2v) is 7.84. The zero-order chi connectivity index (χ0) is 21.0. The quantitative estimate of drug-likeness (QED) is 0.467. The van der Waals surface area contributed by atoms with Crippen molar-refractivity contribution in [3.63, 3.8) is 0 Å². The fourth-order valence-electron chi connectivity index (χ4n) is 3.99. The summed E-state index contributed by atoms with van der Waals surface area (Å²) in [6, 6.07) is 16.4. The lowest BCUT2D eigenvalue weighted by Gasteiger charge is -2.28. The molecule has 4 aromatic rings. The van der Waals surface area contributed by atoms with E-state index in [9.17, 15) is 0 Å². The number of piperidine rings is 1. The van der Waals surface area contributed by atoms with Gasteiger partial charge in [-0.25, -0.2) is 4.98 Å². The summed E-state index contributed by atoms with van der Waals surface area (Å²) in [4.78, 5) is 11.4. The van der Waals surface area contributed by atoms with Gasteiger partial charge in [0.15, 0.2) is 0 Å². The molecule has 0 amide bonds. The van der Waals surface area contributed by atoms with E-state index in [1.807, 2.05) is 31.2 Å². The highest BCUT2D eigenvalue weighted by atomic mass is 15.2. The van der Waals surface area contributed by atoms with Crippen molar-refractivity contribution in [2.24, 2.45) is 0 Å². The summed E-state index contributed by atoms with van der Waals surface area (Å²) in [5, 5.41) is 16.1. The van der Waals surface area contributed by atoms with Gasteiger partial charge in [0.25, 0.3) is 0 Å². The predicted molar refractivity (Wildman–Crippen MR) is 125 cm³/mol. The first-order valence-corrected chi connectivity index (χ1v) is 10.7. The zero-order valence-corrected chi connectivity index (χ0v) is 17.5. The van der Waals surface area contributed by atoms with Crippen molar-refractivity contribution in [1.29, 1.82) is 0 Å². The van der Waals surface area contributed by atoms with Gasteiger partial charge in [0.05, 0.1) is 17.4 Å². The number of hydrogen-bond donors (Lipinski definition) is 2. The van der Waals surface area contributed by atoms with Gasteiger partial charge in [-0.1, -0.05) is 18.2 Å². The summed E-state index contributed by atoms with van der Waals surface area (Å²) >= 11 is 0. The minimum atomic E-state index is 0.540. The Labute approximate surface area is 181 Å². The molecule has 0 bridgehead atoms. The monoisotopic (exact) mass is 411 g/mol. The second-order valence-electron chi connectivity index (χ2n) is 7.84. The lowest BCUT2D eigenvalue weighted by atomic mass is 10.1. The number of aryl methyl sites for hydroxylation is 1. The second kappa shape index (κ2) is 8.55. The Morgan fingerprint density at radius 1 is 0.903 bits per heavy atom. The molecule has 1 aliphatic heterocycles. The molecule has 7 nitrogen and oxygen atoms in total. The van der Waals surface area contributed by atoms with Gasteiger partial charge in [-0.05, 0) is 62.1 Å². The van der Waals surface area contributed by atoms with Gasteiger partial charge >= 0.3 is 0 Å². The smallest absolute Gasteiger partial charge is 0.229 e. The Balaban J connectivity index is 1.32. The minimum absolute atomic E-state index is 0.540. The third-order valence-corrected chi connectivity index (χ3v) is 5.64. The van der Waals surface area contributed by atoms with E-state index >= 15 is 0 Å². The number of fused-ring (bicyclic) bond motifs is 1. The first-order chi connectivity index (χ1) is 15.3. The Morgan fingerprint density at radius 2 is 1.74 bits per heavy atom. The summed E-state index contributed by atoms with van der Waals surface area (Å²) in [5.74, 6) is 1.23. The molecule has 156 valence electrons. The maximum Gasteiger partial charge on any atom is 0.229 e. The Kier molecular flexibility index (Phi) is 5.31. The van der Waals surface area contributed by atoms with Crippen LogP contribution in [-0.4, -0.2) is 33.3 Å². The van der Waals surface area contributed by atoms with Gasteiger partial charge < -0.3 is 15.5 Å². The Morgan fingerprint density at radius 3 is 2.58 bits per heavy atom. The molecule has 0 saturated carbocycles. The summed E-state index contributed by atoms with van der Waals surface area (Å²) < 4.78 is 0. The summed E-state index contributed by atoms with van der Waals surface area (Å²) in [5.41, 5.74) is 5.07. The number of anilines is 5. The molecule has 1 aliphatic rings. The van der Waals surface area contributed by atoms with Gasteiger partial charge in [0.1, 0.15) is 5.82 Å². The van der Waals surface area contributed by atoms with Crippen LogP contribution in [0.15, 0.2) is 60.9 Å². The molecule has 0 aliphatic carbocycles. The molecule has 0 unspecified atom stereocenters. The molecule has 5 rings (SSSR count). The average Bonchev–Trinajstić information content (AvgIpc) is 2.81. The van der Waals surface area contributed by atoms with E-state index in [2.05, 4.69) is 60.0 Å². The third-order valence-electron chi connectivity index (χ3n) is 5.64. The van der Waals surface area contributed by atoms with E-state index in [1.54, 1.807) is 12.4 Å². The number of nitrogens with one attached hydrogen (secondary N) is 2. The number of nitrogens with zero attached hydrogens (tertiary/aromatic N) is 5. The fourth-order valence-corrected chi connectivity index (χ4v) is 3.99. The maximum absolute atomic E-state index is 4.61. The van der Waals surface area contributed by atoms with Crippen LogP contribution in [0.25, 0.3) is 10.9 Å². The molecule has 0 spiro atoms. The number of rotatable bonds is 5. The van der Waals surface area contributed by atoms with Crippen LogP contribution in [-0.2, 0) is 0 Å². The first kappa shape index (κ1) is 19.2. The highest BCUT2D eigenvalue weighted by molar-refractivity contribution is 5.93. The van der Waals surface area contributed by atoms with E-state index in [4.69, 9.17) is 0 Å².